The minimum atomic E-state index is -0.859. The lowest BCUT2D eigenvalue weighted by Crippen LogP contribution is -2.60. The van der Waals surface area contributed by atoms with Crippen molar-refractivity contribution in [3.63, 3.8) is 0 Å². The van der Waals surface area contributed by atoms with Gasteiger partial charge >= 0.3 is 0 Å². The number of amides is 1. The molecule has 1 fully saturated rings. The Labute approximate surface area is 101 Å². The van der Waals surface area contributed by atoms with E-state index in [1.807, 2.05) is 32.0 Å². The predicted molar refractivity (Wildman–Crippen MR) is 67.0 cm³/mol. The molecule has 0 spiro atoms. The summed E-state index contributed by atoms with van der Waals surface area (Å²) < 4.78 is 0. The number of carbonyl (C=O) groups is 1. The molecule has 3 N–H and O–H groups in total. The van der Waals surface area contributed by atoms with E-state index in [4.69, 9.17) is 0 Å². The molecule has 2 rings (SSSR count). The summed E-state index contributed by atoms with van der Waals surface area (Å²) in [6.07, 6.45) is 0.146. The molecule has 0 atom stereocenters. The van der Waals surface area contributed by atoms with E-state index >= 15 is 0 Å². The summed E-state index contributed by atoms with van der Waals surface area (Å²) in [5.74, 6) is -0.136. The number of β-amino-alcohol motifs (C(OH)–C–C–N with tert-alkyl or cyclic N) is 1. The Balaban J connectivity index is 2.00. The van der Waals surface area contributed by atoms with Crippen LogP contribution < -0.4 is 10.6 Å². The summed E-state index contributed by atoms with van der Waals surface area (Å²) in [5, 5.41) is 15.7. The highest BCUT2D eigenvalue weighted by atomic mass is 16.3. The van der Waals surface area contributed by atoms with Crippen LogP contribution in [0.3, 0.4) is 0 Å². The maximum absolute atomic E-state index is 11.8. The molecule has 1 aromatic carbocycles. The topological polar surface area (TPSA) is 61.4 Å². The smallest absolute Gasteiger partial charge is 0.227 e. The van der Waals surface area contributed by atoms with Crippen molar-refractivity contribution in [3.8, 4) is 0 Å². The van der Waals surface area contributed by atoms with Crippen LogP contribution in [0.5, 0.6) is 0 Å². The van der Waals surface area contributed by atoms with E-state index in [-0.39, 0.29) is 12.3 Å². The van der Waals surface area contributed by atoms with Gasteiger partial charge in [0.25, 0.3) is 0 Å². The monoisotopic (exact) mass is 234 g/mol. The third-order valence-electron chi connectivity index (χ3n) is 3.28. The molecule has 0 saturated carbocycles. The first-order valence-corrected chi connectivity index (χ1v) is 5.79. The fraction of sp³-hybridized carbons (Fsp3) is 0.462. The van der Waals surface area contributed by atoms with E-state index in [1.165, 1.54) is 0 Å². The molecule has 1 saturated heterocycles. The molecule has 4 nitrogen and oxygen atoms in total. The van der Waals surface area contributed by atoms with Gasteiger partial charge in [0.1, 0.15) is 0 Å². The number of carbonyl (C=O) groups excluding carboxylic acids is 1. The van der Waals surface area contributed by atoms with E-state index in [2.05, 4.69) is 10.6 Å². The summed E-state index contributed by atoms with van der Waals surface area (Å²) in [7, 11) is 0. The van der Waals surface area contributed by atoms with Crippen molar-refractivity contribution in [2.75, 3.05) is 18.4 Å². The lowest BCUT2D eigenvalue weighted by Gasteiger charge is -2.36. The molecule has 1 aromatic rings. The minimum absolute atomic E-state index is 0.136. The Morgan fingerprint density at radius 1 is 1.47 bits per heavy atom. The van der Waals surface area contributed by atoms with Crippen molar-refractivity contribution in [1.29, 1.82) is 0 Å². The number of aryl methyl sites for hydroxylation is 1. The highest BCUT2D eigenvalue weighted by Gasteiger charge is 2.36. The summed E-state index contributed by atoms with van der Waals surface area (Å²) in [6.45, 7) is 4.97. The molecule has 0 aliphatic carbocycles. The van der Waals surface area contributed by atoms with Crippen LogP contribution in [0.25, 0.3) is 0 Å². The van der Waals surface area contributed by atoms with Gasteiger partial charge in [-0.1, -0.05) is 12.1 Å². The lowest BCUT2D eigenvalue weighted by atomic mass is 9.93. The maximum atomic E-state index is 11.8. The molecule has 1 heterocycles. The van der Waals surface area contributed by atoms with Crippen molar-refractivity contribution >= 4 is 11.6 Å². The highest BCUT2D eigenvalue weighted by Crippen LogP contribution is 2.20. The largest absolute Gasteiger partial charge is 0.387 e. The van der Waals surface area contributed by atoms with Crippen LogP contribution in [0.1, 0.15) is 17.5 Å². The average molecular weight is 234 g/mol. The van der Waals surface area contributed by atoms with Gasteiger partial charge in [0.15, 0.2) is 0 Å². The normalized spacial score (nSPS) is 17.4. The first kappa shape index (κ1) is 12.1. The molecular weight excluding hydrogens is 216 g/mol. The Bertz CT molecular complexity index is 439. The molecule has 1 amide bonds. The van der Waals surface area contributed by atoms with Gasteiger partial charge in [0, 0.05) is 18.8 Å². The van der Waals surface area contributed by atoms with Crippen LogP contribution in [0.15, 0.2) is 18.2 Å². The van der Waals surface area contributed by atoms with Crippen LogP contribution >= 0.6 is 0 Å². The molecule has 1 aliphatic rings. The minimum Gasteiger partial charge on any atom is -0.387 e. The second-order valence-corrected chi connectivity index (χ2v) is 4.80. The van der Waals surface area contributed by atoms with Gasteiger partial charge in [-0.3, -0.25) is 4.79 Å². The lowest BCUT2D eigenvalue weighted by molar-refractivity contribution is -0.123. The van der Waals surface area contributed by atoms with Crippen molar-refractivity contribution in [3.05, 3.63) is 29.3 Å². The van der Waals surface area contributed by atoms with Gasteiger partial charge < -0.3 is 15.7 Å². The van der Waals surface area contributed by atoms with Crippen LogP contribution in [0.4, 0.5) is 5.69 Å². The Morgan fingerprint density at radius 2 is 2.18 bits per heavy atom. The third kappa shape index (κ3) is 2.65. The molecule has 0 unspecified atom stereocenters. The summed E-state index contributed by atoms with van der Waals surface area (Å²) in [4.78, 5) is 11.8. The van der Waals surface area contributed by atoms with Crippen molar-refractivity contribution < 1.29 is 9.90 Å². The molecule has 0 aromatic heterocycles. The van der Waals surface area contributed by atoms with Crippen LogP contribution in [-0.2, 0) is 4.79 Å². The standard InChI is InChI=1S/C13H18N2O2/c1-9-4-3-5-11(10(9)2)15-12(16)6-13(17)7-14-8-13/h3-5,14,17H,6-8H2,1-2H3,(H,15,16). The highest BCUT2D eigenvalue weighted by molar-refractivity contribution is 5.92. The fourth-order valence-electron chi connectivity index (χ4n) is 1.92. The van der Waals surface area contributed by atoms with Crippen LogP contribution in [-0.4, -0.2) is 29.7 Å². The summed E-state index contributed by atoms with van der Waals surface area (Å²) in [5.41, 5.74) is 2.18. The SMILES string of the molecule is Cc1cccc(NC(=O)CC2(O)CNC2)c1C. The fourth-order valence-corrected chi connectivity index (χ4v) is 1.92. The van der Waals surface area contributed by atoms with Gasteiger partial charge in [-0.2, -0.15) is 0 Å². The van der Waals surface area contributed by atoms with Crippen LogP contribution in [0, 0.1) is 13.8 Å². The number of rotatable bonds is 3. The second-order valence-electron chi connectivity index (χ2n) is 4.80. The van der Waals surface area contributed by atoms with E-state index in [0.29, 0.717) is 13.1 Å². The molecule has 1 aliphatic heterocycles. The Morgan fingerprint density at radius 3 is 2.76 bits per heavy atom. The number of hydrogen-bond donors (Lipinski definition) is 3. The Hall–Kier alpha value is -1.39. The first-order chi connectivity index (χ1) is 8.00. The predicted octanol–water partition coefficient (Wildman–Crippen LogP) is 0.966. The van der Waals surface area contributed by atoms with Gasteiger partial charge in [-0.05, 0) is 31.0 Å². The van der Waals surface area contributed by atoms with Gasteiger partial charge in [-0.25, -0.2) is 0 Å². The number of hydrogen-bond acceptors (Lipinski definition) is 3. The van der Waals surface area contributed by atoms with Crippen LogP contribution in [0.2, 0.25) is 0 Å². The van der Waals surface area contributed by atoms with Gasteiger partial charge in [0.05, 0.1) is 12.0 Å². The van der Waals surface area contributed by atoms with E-state index in [1.54, 1.807) is 0 Å². The maximum Gasteiger partial charge on any atom is 0.227 e. The zero-order chi connectivity index (χ0) is 12.5. The number of anilines is 1. The molecule has 0 bridgehead atoms. The van der Waals surface area contributed by atoms with Gasteiger partial charge in [-0.15, -0.1) is 0 Å². The number of benzene rings is 1. The molecular formula is C13H18N2O2. The number of nitrogens with one attached hydrogen (secondary N) is 2. The zero-order valence-corrected chi connectivity index (χ0v) is 10.2. The van der Waals surface area contributed by atoms with Crippen molar-refractivity contribution in [2.45, 2.75) is 25.9 Å². The van der Waals surface area contributed by atoms with E-state index in [9.17, 15) is 9.90 Å². The molecule has 17 heavy (non-hydrogen) atoms. The number of aliphatic hydroxyl groups is 1. The zero-order valence-electron chi connectivity index (χ0n) is 10.2. The average Bonchev–Trinajstić information content (AvgIpc) is 2.22. The summed E-state index contributed by atoms with van der Waals surface area (Å²) >= 11 is 0. The first-order valence-electron chi connectivity index (χ1n) is 5.79. The Kier molecular flexibility index (Phi) is 3.17. The van der Waals surface area contributed by atoms with Crippen molar-refractivity contribution in [2.24, 2.45) is 0 Å². The molecule has 0 radical (unpaired) electrons. The quantitative estimate of drug-likeness (QED) is 0.730. The van der Waals surface area contributed by atoms with E-state index in [0.717, 1.165) is 16.8 Å². The van der Waals surface area contributed by atoms with Crippen molar-refractivity contribution in [1.82, 2.24) is 5.32 Å². The van der Waals surface area contributed by atoms with Gasteiger partial charge in [0.2, 0.25) is 5.91 Å². The third-order valence-corrected chi connectivity index (χ3v) is 3.28. The summed E-state index contributed by atoms with van der Waals surface area (Å²) in [6, 6.07) is 5.80. The second kappa shape index (κ2) is 4.47. The molecule has 92 valence electrons. The van der Waals surface area contributed by atoms with E-state index < -0.39 is 5.60 Å². The molecule has 4 heteroatoms.